The number of Topliss-reactive ketones (excluding diaryl/α,β-unsaturated/α-hetero) is 1. The summed E-state index contributed by atoms with van der Waals surface area (Å²) >= 11 is 0. The summed E-state index contributed by atoms with van der Waals surface area (Å²) in [6, 6.07) is 4.91. The number of aromatic nitrogens is 1. The largest absolute Gasteiger partial charge is 0.478 e. The molecule has 18 heavy (non-hydrogen) atoms. The van der Waals surface area contributed by atoms with Gasteiger partial charge in [-0.3, -0.25) is 4.79 Å². The van der Waals surface area contributed by atoms with Gasteiger partial charge in [0.1, 0.15) is 0 Å². The molecule has 1 aromatic heterocycles. The van der Waals surface area contributed by atoms with Crippen LogP contribution in [0.4, 0.5) is 0 Å². The third-order valence-electron chi connectivity index (χ3n) is 3.24. The van der Waals surface area contributed by atoms with Crippen LogP contribution in [-0.2, 0) is 6.54 Å². The molecule has 1 N–H and O–H groups in total. The van der Waals surface area contributed by atoms with E-state index in [4.69, 9.17) is 5.11 Å². The minimum Gasteiger partial charge on any atom is -0.478 e. The highest BCUT2D eigenvalue weighted by atomic mass is 16.4. The lowest BCUT2D eigenvalue weighted by atomic mass is 10.1. The van der Waals surface area contributed by atoms with Gasteiger partial charge in [-0.15, -0.1) is 0 Å². The Labute approximate surface area is 105 Å². The topological polar surface area (TPSA) is 59.3 Å². The van der Waals surface area contributed by atoms with Crippen LogP contribution in [0.15, 0.2) is 18.2 Å². The first-order valence-electron chi connectivity index (χ1n) is 5.84. The van der Waals surface area contributed by atoms with Gasteiger partial charge in [0.05, 0.1) is 5.56 Å². The molecular weight excluding hydrogens is 230 g/mol. The average molecular weight is 245 g/mol. The molecule has 0 aliphatic heterocycles. The van der Waals surface area contributed by atoms with E-state index in [1.54, 1.807) is 18.2 Å². The molecular formula is C14H15NO3. The monoisotopic (exact) mass is 245 g/mol. The molecule has 2 aromatic rings. The van der Waals surface area contributed by atoms with Crippen LogP contribution in [0.2, 0.25) is 0 Å². The summed E-state index contributed by atoms with van der Waals surface area (Å²) in [5.41, 5.74) is 2.63. The van der Waals surface area contributed by atoms with Crippen molar-refractivity contribution in [2.75, 3.05) is 0 Å². The molecule has 0 saturated heterocycles. The maximum absolute atomic E-state index is 11.7. The molecule has 0 aliphatic rings. The first-order valence-corrected chi connectivity index (χ1v) is 5.84. The van der Waals surface area contributed by atoms with E-state index in [0.717, 1.165) is 23.1 Å². The number of ketones is 1. The fourth-order valence-electron chi connectivity index (χ4n) is 2.47. The van der Waals surface area contributed by atoms with Gasteiger partial charge < -0.3 is 9.67 Å². The lowest BCUT2D eigenvalue weighted by molar-refractivity contribution is 0.0696. The first kappa shape index (κ1) is 12.4. The van der Waals surface area contributed by atoms with Gasteiger partial charge in [-0.2, -0.15) is 0 Å². The van der Waals surface area contributed by atoms with E-state index in [0.29, 0.717) is 5.56 Å². The zero-order chi connectivity index (χ0) is 13.4. The smallest absolute Gasteiger partial charge is 0.335 e. The van der Waals surface area contributed by atoms with Gasteiger partial charge in [-0.05, 0) is 39.0 Å². The fourth-order valence-corrected chi connectivity index (χ4v) is 2.47. The number of carbonyl (C=O) groups excluding carboxylic acids is 1. The van der Waals surface area contributed by atoms with E-state index in [1.165, 1.54) is 6.92 Å². The minimum absolute atomic E-state index is 0.0350. The summed E-state index contributed by atoms with van der Waals surface area (Å²) in [4.78, 5) is 22.7. The van der Waals surface area contributed by atoms with E-state index in [2.05, 4.69) is 0 Å². The Bertz CT molecular complexity index is 653. The highest BCUT2D eigenvalue weighted by molar-refractivity contribution is 6.09. The zero-order valence-electron chi connectivity index (χ0n) is 10.7. The number of aryl methyl sites for hydroxylation is 1. The Morgan fingerprint density at radius 3 is 2.50 bits per heavy atom. The second kappa shape index (κ2) is 4.29. The molecule has 0 bridgehead atoms. The number of hydrogen-bond donors (Lipinski definition) is 1. The zero-order valence-corrected chi connectivity index (χ0v) is 10.7. The molecule has 0 amide bonds. The van der Waals surface area contributed by atoms with Gasteiger partial charge >= 0.3 is 5.97 Å². The quantitative estimate of drug-likeness (QED) is 0.846. The Balaban J connectivity index is 2.88. The molecule has 4 heteroatoms. The molecule has 4 nitrogen and oxygen atoms in total. The molecule has 0 aliphatic carbocycles. The molecule has 0 atom stereocenters. The number of nitrogens with zero attached hydrogens (tertiary/aromatic N) is 1. The minimum atomic E-state index is -0.978. The number of fused-ring (bicyclic) bond motifs is 1. The van der Waals surface area contributed by atoms with Crippen molar-refractivity contribution in [3.63, 3.8) is 0 Å². The maximum atomic E-state index is 11.7. The summed E-state index contributed by atoms with van der Waals surface area (Å²) in [6.45, 7) is 6.15. The lowest BCUT2D eigenvalue weighted by Gasteiger charge is -2.03. The Kier molecular flexibility index (Phi) is 2.95. The van der Waals surface area contributed by atoms with Gasteiger partial charge in [0, 0.05) is 28.7 Å². The molecule has 1 aromatic carbocycles. The van der Waals surface area contributed by atoms with E-state index in [-0.39, 0.29) is 11.3 Å². The standard InChI is InChI=1S/C14H15NO3/c1-4-15-8(2)13(9(3)16)11-7-10(14(17)18)5-6-12(11)15/h5-7H,4H2,1-3H3,(H,17,18). The Hall–Kier alpha value is -2.10. The highest BCUT2D eigenvalue weighted by Crippen LogP contribution is 2.27. The van der Waals surface area contributed by atoms with Gasteiger partial charge in [0.25, 0.3) is 0 Å². The van der Waals surface area contributed by atoms with Crippen LogP contribution in [0.1, 0.15) is 40.3 Å². The van der Waals surface area contributed by atoms with Crippen molar-refractivity contribution in [2.24, 2.45) is 0 Å². The first-order chi connectivity index (χ1) is 8.47. The van der Waals surface area contributed by atoms with Gasteiger partial charge in [-0.25, -0.2) is 4.79 Å². The molecule has 0 radical (unpaired) electrons. The number of aromatic carboxylic acids is 1. The second-order valence-corrected chi connectivity index (χ2v) is 4.30. The average Bonchev–Trinajstić information content (AvgIpc) is 2.59. The summed E-state index contributed by atoms with van der Waals surface area (Å²) in [5.74, 6) is -1.01. The second-order valence-electron chi connectivity index (χ2n) is 4.30. The molecule has 0 saturated carbocycles. The van der Waals surface area contributed by atoms with Crippen LogP contribution < -0.4 is 0 Å². The SMILES string of the molecule is CCn1c(C)c(C(C)=O)c2cc(C(=O)O)ccc21. The Morgan fingerprint density at radius 1 is 1.33 bits per heavy atom. The van der Waals surface area contributed by atoms with Gasteiger partial charge in [-0.1, -0.05) is 0 Å². The van der Waals surface area contributed by atoms with Crippen LogP contribution in [0.25, 0.3) is 10.9 Å². The van der Waals surface area contributed by atoms with Crippen molar-refractivity contribution < 1.29 is 14.7 Å². The number of rotatable bonds is 3. The summed E-state index contributed by atoms with van der Waals surface area (Å²) in [5, 5.41) is 9.74. The molecule has 0 fully saturated rings. The van der Waals surface area contributed by atoms with Crippen LogP contribution in [0.5, 0.6) is 0 Å². The van der Waals surface area contributed by atoms with Crippen LogP contribution >= 0.6 is 0 Å². The third-order valence-corrected chi connectivity index (χ3v) is 3.24. The van der Waals surface area contributed by atoms with E-state index in [1.807, 2.05) is 18.4 Å². The number of carbonyl (C=O) groups is 2. The third kappa shape index (κ3) is 1.70. The number of hydrogen-bond acceptors (Lipinski definition) is 2. The maximum Gasteiger partial charge on any atom is 0.335 e. The highest BCUT2D eigenvalue weighted by Gasteiger charge is 2.17. The number of carboxylic acids is 1. The van der Waals surface area contributed by atoms with Crippen molar-refractivity contribution in [1.82, 2.24) is 4.57 Å². The molecule has 0 spiro atoms. The van der Waals surface area contributed by atoms with Crippen molar-refractivity contribution in [3.05, 3.63) is 35.0 Å². The van der Waals surface area contributed by atoms with Crippen molar-refractivity contribution in [3.8, 4) is 0 Å². The predicted octanol–water partition coefficient (Wildman–Crippen LogP) is 2.87. The number of benzene rings is 1. The molecule has 2 rings (SSSR count). The fraction of sp³-hybridized carbons (Fsp3) is 0.286. The van der Waals surface area contributed by atoms with E-state index < -0.39 is 5.97 Å². The van der Waals surface area contributed by atoms with Crippen molar-refractivity contribution in [2.45, 2.75) is 27.3 Å². The summed E-state index contributed by atoms with van der Waals surface area (Å²) in [7, 11) is 0. The number of carboxylic acid groups (broad SMARTS) is 1. The summed E-state index contributed by atoms with van der Waals surface area (Å²) in [6.07, 6.45) is 0. The van der Waals surface area contributed by atoms with Crippen LogP contribution in [0.3, 0.4) is 0 Å². The summed E-state index contributed by atoms with van der Waals surface area (Å²) < 4.78 is 2.03. The van der Waals surface area contributed by atoms with Crippen molar-refractivity contribution in [1.29, 1.82) is 0 Å². The molecule has 1 heterocycles. The lowest BCUT2D eigenvalue weighted by Crippen LogP contribution is -1.99. The molecule has 0 unspecified atom stereocenters. The molecule has 94 valence electrons. The van der Waals surface area contributed by atoms with Crippen LogP contribution in [0, 0.1) is 6.92 Å². The predicted molar refractivity (Wildman–Crippen MR) is 69.3 cm³/mol. The van der Waals surface area contributed by atoms with Crippen molar-refractivity contribution >= 4 is 22.7 Å². The van der Waals surface area contributed by atoms with Gasteiger partial charge in [0.15, 0.2) is 5.78 Å². The van der Waals surface area contributed by atoms with E-state index >= 15 is 0 Å². The van der Waals surface area contributed by atoms with E-state index in [9.17, 15) is 9.59 Å². The normalized spacial score (nSPS) is 10.8. The Morgan fingerprint density at radius 2 is 2.00 bits per heavy atom. The van der Waals surface area contributed by atoms with Crippen LogP contribution in [-0.4, -0.2) is 21.4 Å². The van der Waals surface area contributed by atoms with Gasteiger partial charge in [0.2, 0.25) is 0 Å².